The lowest BCUT2D eigenvalue weighted by molar-refractivity contribution is -0.398. The van der Waals surface area contributed by atoms with Crippen LogP contribution in [-0.2, 0) is 9.47 Å². The third kappa shape index (κ3) is 8.31. The van der Waals surface area contributed by atoms with Gasteiger partial charge in [0.25, 0.3) is 11.4 Å². The molecule has 0 fully saturated rings. The van der Waals surface area contributed by atoms with Gasteiger partial charge < -0.3 is 9.47 Å². The summed E-state index contributed by atoms with van der Waals surface area (Å²) in [4.78, 5) is 31.9. The number of ether oxygens (including phenoxy) is 2. The van der Waals surface area contributed by atoms with Gasteiger partial charge in [-0.25, -0.2) is 4.79 Å². The number of hydrogen-bond acceptors (Lipinski definition) is 7. The van der Waals surface area contributed by atoms with Crippen LogP contribution in [0.3, 0.4) is 0 Å². The van der Waals surface area contributed by atoms with Crippen molar-refractivity contribution in [1.29, 1.82) is 0 Å². The Morgan fingerprint density at radius 3 is 0.962 bits per heavy atom. The molecular weight excluding hydrogens is 782 g/mol. The Hall–Kier alpha value is -4.75. The highest BCUT2D eigenvalue weighted by molar-refractivity contribution is 5.61. The summed E-state index contributed by atoms with van der Waals surface area (Å²) in [5.74, 6) is -43.1. The number of nitro benzene ring substituents is 2. The molecule has 0 aromatic heterocycles. The molecule has 0 bridgehead atoms. The van der Waals surface area contributed by atoms with E-state index in [9.17, 15) is 104 Å². The van der Waals surface area contributed by atoms with Crippen LogP contribution in [0.15, 0.2) is 48.5 Å². The molecule has 0 spiro atoms. The van der Waals surface area contributed by atoms with E-state index < -0.39 is 111 Å². The molecule has 0 aliphatic carbocycles. The first-order chi connectivity index (χ1) is 23.1. The molecule has 27 heteroatoms. The predicted molar refractivity (Wildman–Crippen MR) is 130 cm³/mol. The highest BCUT2D eigenvalue weighted by Gasteiger charge is 2.83. The number of hydrogen-bond donors (Lipinski definition) is 0. The van der Waals surface area contributed by atoms with Crippen LogP contribution in [0.1, 0.15) is 36.2 Å². The molecule has 2 rings (SSSR count). The minimum absolute atomic E-state index is 0.244. The summed E-state index contributed by atoms with van der Waals surface area (Å²) < 4.78 is 252. The molecule has 2 atom stereocenters. The largest absolute Gasteiger partial charge is 0.509 e. The van der Waals surface area contributed by atoms with Crippen LogP contribution in [0.2, 0.25) is 0 Å². The minimum atomic E-state index is -7.53. The van der Waals surface area contributed by atoms with Crippen LogP contribution >= 0.6 is 0 Å². The van der Waals surface area contributed by atoms with E-state index in [1.54, 1.807) is 0 Å². The molecule has 292 valence electrons. The van der Waals surface area contributed by atoms with Gasteiger partial charge in [-0.15, -0.1) is 0 Å². The molecule has 0 aliphatic heterocycles. The fraction of sp³-hybridized carbons (Fsp3) is 0.480. The van der Waals surface area contributed by atoms with E-state index in [4.69, 9.17) is 0 Å². The lowest BCUT2D eigenvalue weighted by Gasteiger charge is -2.35. The molecular formula is C25H14F18N2O7. The molecule has 52 heavy (non-hydrogen) atoms. The lowest BCUT2D eigenvalue weighted by atomic mass is 9.95. The number of benzene rings is 2. The quantitative estimate of drug-likeness (QED) is 0.0807. The van der Waals surface area contributed by atoms with Crippen LogP contribution in [-0.4, -0.2) is 63.9 Å². The van der Waals surface area contributed by atoms with Crippen molar-refractivity contribution in [3.63, 3.8) is 0 Å². The molecule has 2 aromatic carbocycles. The number of carbonyl (C=O) groups is 1. The highest BCUT2D eigenvalue weighted by atomic mass is 19.4. The Morgan fingerprint density at radius 2 is 0.750 bits per heavy atom. The van der Waals surface area contributed by atoms with Crippen molar-refractivity contribution < 1.29 is 103 Å². The van der Waals surface area contributed by atoms with Crippen LogP contribution < -0.4 is 0 Å². The van der Waals surface area contributed by atoms with Crippen molar-refractivity contribution in [1.82, 2.24) is 0 Å². The lowest BCUT2D eigenvalue weighted by Crippen LogP contribution is -2.61. The Balaban J connectivity index is 2.64. The van der Waals surface area contributed by atoms with Crippen molar-refractivity contribution in [3.05, 3.63) is 79.9 Å². The van der Waals surface area contributed by atoms with Gasteiger partial charge in [0, 0.05) is 24.3 Å². The van der Waals surface area contributed by atoms with Crippen molar-refractivity contribution in [3.8, 4) is 0 Å². The number of carbonyl (C=O) groups excluding carboxylic acids is 1. The van der Waals surface area contributed by atoms with Crippen LogP contribution in [0.4, 0.5) is 95.2 Å². The molecule has 0 N–H and O–H groups in total. The van der Waals surface area contributed by atoms with Gasteiger partial charge in [-0.3, -0.25) is 20.2 Å². The van der Waals surface area contributed by atoms with E-state index in [2.05, 4.69) is 9.47 Å². The van der Waals surface area contributed by atoms with Gasteiger partial charge in [0.1, 0.15) is 12.2 Å². The summed E-state index contributed by atoms with van der Waals surface area (Å²) in [7, 11) is 0. The zero-order valence-corrected chi connectivity index (χ0v) is 24.2. The molecule has 0 heterocycles. The second-order valence-corrected chi connectivity index (χ2v) is 10.3. The van der Waals surface area contributed by atoms with E-state index in [0.29, 0.717) is 24.3 Å². The average molecular weight is 796 g/mol. The summed E-state index contributed by atoms with van der Waals surface area (Å²) in [6, 6.07) is 2.26. The first-order valence-corrected chi connectivity index (χ1v) is 12.9. The molecule has 0 saturated heterocycles. The van der Waals surface area contributed by atoms with Crippen LogP contribution in [0.25, 0.3) is 0 Å². The van der Waals surface area contributed by atoms with Gasteiger partial charge >= 0.3 is 54.0 Å². The summed E-state index contributed by atoms with van der Waals surface area (Å²) >= 11 is 0. The Kier molecular flexibility index (Phi) is 11.7. The topological polar surface area (TPSA) is 122 Å². The minimum Gasteiger partial charge on any atom is -0.426 e. The van der Waals surface area contributed by atoms with Gasteiger partial charge in [0.15, 0.2) is 0 Å². The zero-order chi connectivity index (χ0) is 40.7. The summed E-state index contributed by atoms with van der Waals surface area (Å²) in [6.07, 6.45) is -30.5. The fourth-order valence-electron chi connectivity index (χ4n) is 3.87. The molecule has 0 saturated carbocycles. The normalized spacial score (nSPS) is 15.1. The van der Waals surface area contributed by atoms with Crippen LogP contribution in [0.5, 0.6) is 0 Å². The number of alkyl halides is 18. The fourth-order valence-corrected chi connectivity index (χ4v) is 3.87. The second kappa shape index (κ2) is 14.0. The number of non-ortho nitro benzene ring substituents is 2. The first-order valence-electron chi connectivity index (χ1n) is 12.9. The van der Waals surface area contributed by atoms with Crippen molar-refractivity contribution in [2.24, 2.45) is 0 Å². The van der Waals surface area contributed by atoms with Gasteiger partial charge in [0.05, 0.1) is 22.7 Å². The van der Waals surface area contributed by atoms with Crippen molar-refractivity contribution in [2.45, 2.75) is 72.9 Å². The third-order valence-corrected chi connectivity index (χ3v) is 6.73. The summed E-state index contributed by atoms with van der Waals surface area (Å²) in [5, 5.41) is 21.7. The Bertz CT molecular complexity index is 1490. The number of halogens is 18. The smallest absolute Gasteiger partial charge is 0.426 e. The van der Waals surface area contributed by atoms with Gasteiger partial charge in [-0.1, -0.05) is 0 Å². The Morgan fingerprint density at radius 1 is 0.500 bits per heavy atom. The zero-order valence-electron chi connectivity index (χ0n) is 24.2. The van der Waals surface area contributed by atoms with E-state index in [0.717, 1.165) is 0 Å². The predicted octanol–water partition coefficient (Wildman–Crippen LogP) is 10.2. The summed E-state index contributed by atoms with van der Waals surface area (Å²) in [5.41, 5.74) is -4.32. The highest BCUT2D eigenvalue weighted by Crippen LogP contribution is 2.57. The monoisotopic (exact) mass is 796 g/mol. The molecule has 0 radical (unpaired) electrons. The van der Waals surface area contributed by atoms with Gasteiger partial charge in [0.2, 0.25) is 0 Å². The maximum absolute atomic E-state index is 14.5. The Labute approximate surface area is 274 Å². The average Bonchev–Trinajstić information content (AvgIpc) is 2.98. The number of nitro groups is 2. The van der Waals surface area contributed by atoms with Crippen molar-refractivity contribution in [2.75, 3.05) is 0 Å². The summed E-state index contributed by atoms with van der Waals surface area (Å²) in [6.45, 7) is 0. The number of nitrogens with zero attached hydrogens (tertiary/aromatic N) is 2. The molecule has 9 nitrogen and oxygen atoms in total. The standard InChI is InChI=1S/C25H14F18N2O7/c26-18(27,20(30,31)22(34,35)24(38,39)40)9-15(11-1-5-13(6-2-11)44(47)48)51-17(46)52-16(12-3-7-14(8-4-12)45(49)50)10-19(28,29)21(32,33)23(36,37)25(41,42)43/h1-8,15-16H,9-10H2. The van der Waals surface area contributed by atoms with Crippen LogP contribution in [0, 0.1) is 20.2 Å². The van der Waals surface area contributed by atoms with E-state index in [1.165, 1.54) is 0 Å². The molecule has 2 unspecified atom stereocenters. The van der Waals surface area contributed by atoms with Gasteiger partial charge in [-0.05, 0) is 35.4 Å². The maximum atomic E-state index is 14.5. The second-order valence-electron chi connectivity index (χ2n) is 10.3. The molecule has 2 aromatic rings. The first kappa shape index (κ1) is 43.4. The van der Waals surface area contributed by atoms with E-state index in [-0.39, 0.29) is 24.3 Å². The van der Waals surface area contributed by atoms with Gasteiger partial charge in [-0.2, -0.15) is 79.0 Å². The number of rotatable bonds is 14. The molecule has 0 aliphatic rings. The van der Waals surface area contributed by atoms with E-state index >= 15 is 0 Å². The molecule has 0 amide bonds. The third-order valence-electron chi connectivity index (χ3n) is 6.73. The SMILES string of the molecule is O=C(OC(CC(F)(F)C(F)(F)C(F)(F)C(F)(F)F)c1ccc([N+](=O)[O-])cc1)OC(CC(F)(F)C(F)(F)C(F)(F)C(F)(F)F)c1ccc([N+](=O)[O-])cc1. The van der Waals surface area contributed by atoms with E-state index in [1.807, 2.05) is 0 Å². The maximum Gasteiger partial charge on any atom is 0.509 e. The van der Waals surface area contributed by atoms with Crippen molar-refractivity contribution >= 4 is 17.5 Å².